The van der Waals surface area contributed by atoms with Crippen LogP contribution >= 0.6 is 0 Å². The van der Waals surface area contributed by atoms with E-state index in [4.69, 9.17) is 5.26 Å². The second kappa shape index (κ2) is 5.25. The third-order valence-electron chi connectivity index (χ3n) is 3.63. The highest BCUT2D eigenvalue weighted by atomic mass is 16.2. The van der Waals surface area contributed by atoms with Gasteiger partial charge in [0.25, 0.3) is 5.91 Å². The maximum Gasteiger partial charge on any atom is 0.274 e. The van der Waals surface area contributed by atoms with E-state index in [2.05, 4.69) is 16.0 Å². The second-order valence-corrected chi connectivity index (χ2v) is 4.94. The molecule has 1 fully saturated rings. The molecule has 0 aliphatic carbocycles. The van der Waals surface area contributed by atoms with Crippen molar-refractivity contribution in [2.45, 2.75) is 12.8 Å². The van der Waals surface area contributed by atoms with E-state index in [-0.39, 0.29) is 11.8 Å². The first kappa shape index (κ1) is 12.5. The number of nitriles is 1. The Bertz CT molecular complexity index is 684. The summed E-state index contributed by atoms with van der Waals surface area (Å²) in [6.07, 6.45) is 3.01. The summed E-state index contributed by atoms with van der Waals surface area (Å²) < 4.78 is 0. The van der Waals surface area contributed by atoms with Crippen molar-refractivity contribution in [3.05, 3.63) is 36.2 Å². The van der Waals surface area contributed by atoms with Gasteiger partial charge in [-0.1, -0.05) is 12.1 Å². The van der Waals surface area contributed by atoms with Crippen LogP contribution in [0.15, 0.2) is 30.5 Å². The molecule has 0 unspecified atom stereocenters. The van der Waals surface area contributed by atoms with Crippen LogP contribution in [-0.2, 0) is 0 Å². The average molecular weight is 266 g/mol. The fraction of sp³-hybridized carbons (Fsp3) is 0.333. The van der Waals surface area contributed by atoms with Gasteiger partial charge in [-0.3, -0.25) is 9.78 Å². The Morgan fingerprint density at radius 2 is 1.95 bits per heavy atom. The Balaban J connectivity index is 1.81. The van der Waals surface area contributed by atoms with E-state index >= 15 is 0 Å². The minimum atomic E-state index is -0.0976. The summed E-state index contributed by atoms with van der Waals surface area (Å²) in [6, 6.07) is 9.75. The number of nitrogens with zero attached hydrogens (tertiary/aromatic N) is 4. The van der Waals surface area contributed by atoms with Crippen molar-refractivity contribution in [2.75, 3.05) is 13.1 Å². The van der Waals surface area contributed by atoms with Crippen LogP contribution in [0.25, 0.3) is 11.0 Å². The Labute approximate surface area is 116 Å². The first-order valence-electron chi connectivity index (χ1n) is 6.68. The van der Waals surface area contributed by atoms with Gasteiger partial charge in [-0.2, -0.15) is 5.26 Å². The highest BCUT2D eigenvalue weighted by molar-refractivity contribution is 5.93. The molecule has 5 heteroatoms. The molecule has 0 N–H and O–H groups in total. The van der Waals surface area contributed by atoms with Crippen LogP contribution < -0.4 is 0 Å². The zero-order valence-electron chi connectivity index (χ0n) is 11.0. The van der Waals surface area contributed by atoms with Gasteiger partial charge >= 0.3 is 0 Å². The van der Waals surface area contributed by atoms with E-state index in [1.165, 1.54) is 6.20 Å². The van der Waals surface area contributed by atoms with E-state index in [1.54, 1.807) is 4.90 Å². The van der Waals surface area contributed by atoms with Gasteiger partial charge in [-0.25, -0.2) is 4.98 Å². The van der Waals surface area contributed by atoms with Gasteiger partial charge in [0.2, 0.25) is 0 Å². The summed E-state index contributed by atoms with van der Waals surface area (Å²) in [6.45, 7) is 1.23. The number of para-hydroxylation sites is 2. The highest BCUT2D eigenvalue weighted by Gasteiger charge is 2.24. The molecule has 20 heavy (non-hydrogen) atoms. The average Bonchev–Trinajstić information content (AvgIpc) is 2.54. The predicted octanol–water partition coefficient (Wildman–Crippen LogP) is 2.01. The Hall–Kier alpha value is -2.48. The van der Waals surface area contributed by atoms with Crippen molar-refractivity contribution in [3.63, 3.8) is 0 Å². The third kappa shape index (κ3) is 2.32. The summed E-state index contributed by atoms with van der Waals surface area (Å²) in [5.74, 6) is -0.0265. The maximum atomic E-state index is 12.4. The zero-order valence-corrected chi connectivity index (χ0v) is 11.0. The number of rotatable bonds is 1. The molecule has 1 aliphatic heterocycles. The standard InChI is InChI=1S/C15H14N4O/c16-9-11-5-7-19(8-6-11)15(20)14-10-17-12-3-1-2-4-13(12)18-14/h1-4,10-11H,5-8H2. The first-order chi connectivity index (χ1) is 9.78. The quantitative estimate of drug-likeness (QED) is 0.791. The molecule has 3 rings (SSSR count). The highest BCUT2D eigenvalue weighted by Crippen LogP contribution is 2.18. The summed E-state index contributed by atoms with van der Waals surface area (Å²) in [5.41, 5.74) is 1.89. The van der Waals surface area contributed by atoms with Crippen molar-refractivity contribution >= 4 is 16.9 Å². The van der Waals surface area contributed by atoms with Gasteiger partial charge in [-0.15, -0.1) is 0 Å². The largest absolute Gasteiger partial charge is 0.337 e. The van der Waals surface area contributed by atoms with E-state index < -0.39 is 0 Å². The normalized spacial score (nSPS) is 16.1. The SMILES string of the molecule is N#CC1CCN(C(=O)c2cnc3ccccc3n2)CC1. The number of hydrogen-bond acceptors (Lipinski definition) is 4. The number of carbonyl (C=O) groups excluding carboxylic acids is 1. The van der Waals surface area contributed by atoms with E-state index in [9.17, 15) is 4.79 Å². The van der Waals surface area contributed by atoms with Crippen molar-refractivity contribution in [1.29, 1.82) is 5.26 Å². The predicted molar refractivity (Wildman–Crippen MR) is 73.8 cm³/mol. The number of benzene rings is 1. The van der Waals surface area contributed by atoms with Gasteiger partial charge in [0.15, 0.2) is 0 Å². The smallest absolute Gasteiger partial charge is 0.274 e. The molecule has 2 aromatic rings. The van der Waals surface area contributed by atoms with Crippen molar-refractivity contribution < 1.29 is 4.79 Å². The summed E-state index contributed by atoms with van der Waals surface area (Å²) in [5, 5.41) is 8.88. The second-order valence-electron chi connectivity index (χ2n) is 4.94. The van der Waals surface area contributed by atoms with E-state index in [0.717, 1.165) is 23.9 Å². The fourth-order valence-electron chi connectivity index (χ4n) is 2.43. The molecule has 0 radical (unpaired) electrons. The topological polar surface area (TPSA) is 69.9 Å². The third-order valence-corrected chi connectivity index (χ3v) is 3.63. The van der Waals surface area contributed by atoms with E-state index in [0.29, 0.717) is 18.8 Å². The Kier molecular flexibility index (Phi) is 3.30. The molecular weight excluding hydrogens is 252 g/mol. The lowest BCUT2D eigenvalue weighted by atomic mass is 9.98. The first-order valence-corrected chi connectivity index (χ1v) is 6.68. The summed E-state index contributed by atoms with van der Waals surface area (Å²) in [7, 11) is 0. The van der Waals surface area contributed by atoms with Crippen molar-refractivity contribution in [3.8, 4) is 6.07 Å². The summed E-state index contributed by atoms with van der Waals surface area (Å²) in [4.78, 5) is 22.8. The number of aromatic nitrogens is 2. The minimum Gasteiger partial charge on any atom is -0.337 e. The number of amides is 1. The molecule has 1 saturated heterocycles. The molecular formula is C15H14N4O. The number of fused-ring (bicyclic) bond motifs is 1. The number of hydrogen-bond donors (Lipinski definition) is 0. The molecule has 0 bridgehead atoms. The Morgan fingerprint density at radius 3 is 2.65 bits per heavy atom. The van der Waals surface area contributed by atoms with Gasteiger partial charge in [-0.05, 0) is 25.0 Å². The zero-order chi connectivity index (χ0) is 13.9. The van der Waals surface area contributed by atoms with Crippen LogP contribution in [0.3, 0.4) is 0 Å². The van der Waals surface area contributed by atoms with Gasteiger partial charge < -0.3 is 4.90 Å². The molecule has 5 nitrogen and oxygen atoms in total. The van der Waals surface area contributed by atoms with Crippen molar-refractivity contribution in [1.82, 2.24) is 14.9 Å². The molecule has 1 aromatic carbocycles. The Morgan fingerprint density at radius 1 is 1.25 bits per heavy atom. The lowest BCUT2D eigenvalue weighted by molar-refractivity contribution is 0.0701. The number of carbonyl (C=O) groups is 1. The monoisotopic (exact) mass is 266 g/mol. The molecule has 2 heterocycles. The van der Waals surface area contributed by atoms with E-state index in [1.807, 2.05) is 24.3 Å². The number of likely N-dealkylation sites (tertiary alicyclic amines) is 1. The lowest BCUT2D eigenvalue weighted by Gasteiger charge is -2.28. The van der Waals surface area contributed by atoms with Crippen LogP contribution in [0, 0.1) is 17.2 Å². The molecule has 1 amide bonds. The molecule has 1 aromatic heterocycles. The van der Waals surface area contributed by atoms with Crippen LogP contribution in [0.5, 0.6) is 0 Å². The van der Waals surface area contributed by atoms with Crippen LogP contribution in [0.4, 0.5) is 0 Å². The van der Waals surface area contributed by atoms with Crippen LogP contribution in [0.2, 0.25) is 0 Å². The molecule has 1 aliphatic rings. The van der Waals surface area contributed by atoms with Gasteiger partial charge in [0.05, 0.1) is 23.3 Å². The molecule has 0 atom stereocenters. The molecule has 0 spiro atoms. The van der Waals surface area contributed by atoms with Gasteiger partial charge in [0.1, 0.15) is 5.69 Å². The van der Waals surface area contributed by atoms with Crippen LogP contribution in [0.1, 0.15) is 23.3 Å². The summed E-state index contributed by atoms with van der Waals surface area (Å²) >= 11 is 0. The lowest BCUT2D eigenvalue weighted by Crippen LogP contribution is -2.38. The van der Waals surface area contributed by atoms with Crippen LogP contribution in [-0.4, -0.2) is 33.9 Å². The van der Waals surface area contributed by atoms with Gasteiger partial charge in [0, 0.05) is 19.0 Å². The fourth-order valence-corrected chi connectivity index (χ4v) is 2.43. The maximum absolute atomic E-state index is 12.4. The molecule has 100 valence electrons. The minimum absolute atomic E-state index is 0.0711. The number of piperidine rings is 1. The van der Waals surface area contributed by atoms with Crippen molar-refractivity contribution in [2.24, 2.45) is 5.92 Å². The molecule has 0 saturated carbocycles.